The van der Waals surface area contributed by atoms with Crippen molar-refractivity contribution in [2.45, 2.75) is 31.6 Å². The first-order chi connectivity index (χ1) is 26.5. The average molecular weight is 705 g/mol. The molecule has 0 radical (unpaired) electrons. The standard InChI is InChI=1S/C48H40N4O2/c1-2-3-32-48(36-22-14-7-15-23-36,43-30-27-41(51-43)47(54)35-20-12-6-13-21-35)42-29-26-39(50-42)45(33-16-8-4-9-17-33)37-24-25-38(49-37)46(34-18-10-5-11-19-34)40-28-31-44(53)52-40/h4-31,49-51H,2-3,32H2,1H3/b45-37+,46-38+. The third-order valence-corrected chi connectivity index (χ3v) is 10.2. The molecule has 0 bridgehead atoms. The summed E-state index contributed by atoms with van der Waals surface area (Å²) in [6.07, 6.45) is 6.09. The molecule has 4 aromatic carbocycles. The zero-order valence-electron chi connectivity index (χ0n) is 30.1. The third kappa shape index (κ3) is 6.54. The molecule has 1 aliphatic heterocycles. The van der Waals surface area contributed by atoms with Crippen molar-refractivity contribution in [2.75, 3.05) is 0 Å². The Kier molecular flexibility index (Phi) is 9.56. The summed E-state index contributed by atoms with van der Waals surface area (Å²) in [5, 5.41) is 1.78. The summed E-state index contributed by atoms with van der Waals surface area (Å²) in [6, 6.07) is 52.9. The Morgan fingerprint density at radius 3 is 1.65 bits per heavy atom. The van der Waals surface area contributed by atoms with Gasteiger partial charge in [-0.1, -0.05) is 141 Å². The number of hydrogen-bond donors (Lipinski definition) is 3. The molecule has 3 N–H and O–H groups in total. The van der Waals surface area contributed by atoms with Crippen molar-refractivity contribution in [3.05, 3.63) is 226 Å². The lowest BCUT2D eigenvalue weighted by Crippen LogP contribution is -2.31. The van der Waals surface area contributed by atoms with E-state index in [4.69, 9.17) is 0 Å². The number of nitrogens with one attached hydrogen (secondary N) is 3. The van der Waals surface area contributed by atoms with Gasteiger partial charge in [-0.15, -0.1) is 0 Å². The number of aromatic amines is 3. The van der Waals surface area contributed by atoms with Crippen LogP contribution in [0.1, 0.15) is 76.0 Å². The fraction of sp³-hybridized carbons (Fsp3) is 0.104. The predicted octanol–water partition coefficient (Wildman–Crippen LogP) is 8.41. The number of ketones is 1. The zero-order chi connectivity index (χ0) is 36.9. The minimum atomic E-state index is -0.596. The molecule has 1 unspecified atom stereocenters. The van der Waals surface area contributed by atoms with E-state index >= 15 is 0 Å². The predicted molar refractivity (Wildman–Crippen MR) is 216 cm³/mol. The Hall–Kier alpha value is -6.79. The molecule has 54 heavy (non-hydrogen) atoms. The quantitative estimate of drug-likeness (QED) is 0.112. The minimum absolute atomic E-state index is 0.0381. The normalized spacial score (nSPS) is 14.8. The van der Waals surface area contributed by atoms with E-state index in [9.17, 15) is 9.59 Å². The van der Waals surface area contributed by atoms with Crippen LogP contribution in [0.2, 0.25) is 0 Å². The van der Waals surface area contributed by atoms with Crippen LogP contribution >= 0.6 is 0 Å². The molecule has 0 saturated heterocycles. The van der Waals surface area contributed by atoms with Gasteiger partial charge in [-0.3, -0.25) is 9.59 Å². The number of nitrogens with zero attached hydrogens (tertiary/aromatic N) is 1. The molecule has 0 fully saturated rings. The second-order valence-electron chi connectivity index (χ2n) is 13.6. The number of benzene rings is 4. The van der Waals surface area contributed by atoms with Crippen molar-refractivity contribution in [1.29, 1.82) is 0 Å². The molecule has 0 saturated carbocycles. The lowest BCUT2D eigenvalue weighted by molar-refractivity contribution is -0.113. The molecular weight excluding hydrogens is 665 g/mol. The SMILES string of the molecule is CCCCC(c1ccccc1)(c1ccc(C(=O)c2ccccc2)[nH]1)c1ccc(/C(c2ccccc2)=c2\cc/c(=C(\C3=NC(=O)C=C3)c3ccccc3)[nH]2)[nH]1. The van der Waals surface area contributed by atoms with Crippen LogP contribution in [-0.4, -0.2) is 32.4 Å². The molecular formula is C48H40N4O2. The molecule has 0 aliphatic carbocycles. The van der Waals surface area contributed by atoms with Gasteiger partial charge in [0.15, 0.2) is 0 Å². The molecule has 8 rings (SSSR count). The number of unbranched alkanes of at least 4 members (excludes halogenated alkanes) is 1. The number of hydrogen-bond acceptors (Lipinski definition) is 2. The van der Waals surface area contributed by atoms with Gasteiger partial charge in [0, 0.05) is 50.6 Å². The van der Waals surface area contributed by atoms with Gasteiger partial charge in [0.1, 0.15) is 0 Å². The highest BCUT2D eigenvalue weighted by atomic mass is 16.1. The van der Waals surface area contributed by atoms with Gasteiger partial charge < -0.3 is 15.0 Å². The number of amides is 1. The molecule has 4 heterocycles. The monoisotopic (exact) mass is 704 g/mol. The first-order valence-electron chi connectivity index (χ1n) is 18.5. The van der Waals surface area contributed by atoms with Crippen molar-refractivity contribution in [1.82, 2.24) is 15.0 Å². The summed E-state index contributed by atoms with van der Waals surface area (Å²) in [5.74, 6) is -0.298. The molecule has 3 aromatic heterocycles. The van der Waals surface area contributed by atoms with E-state index < -0.39 is 5.41 Å². The third-order valence-electron chi connectivity index (χ3n) is 10.2. The van der Waals surface area contributed by atoms with Crippen molar-refractivity contribution >= 4 is 28.5 Å². The van der Waals surface area contributed by atoms with Crippen LogP contribution in [-0.2, 0) is 10.2 Å². The van der Waals surface area contributed by atoms with Gasteiger partial charge in [0.25, 0.3) is 5.91 Å². The number of carbonyl (C=O) groups is 2. The summed E-state index contributed by atoms with van der Waals surface area (Å²) in [6.45, 7) is 2.21. The number of allylic oxidation sites excluding steroid dienone is 1. The molecule has 0 spiro atoms. The number of aromatic nitrogens is 3. The summed E-state index contributed by atoms with van der Waals surface area (Å²) in [7, 11) is 0. The highest BCUT2D eigenvalue weighted by Gasteiger charge is 2.39. The van der Waals surface area contributed by atoms with Gasteiger partial charge in [-0.05, 0) is 65.6 Å². The van der Waals surface area contributed by atoms with E-state index in [1.165, 1.54) is 6.08 Å². The van der Waals surface area contributed by atoms with Crippen LogP contribution in [0.3, 0.4) is 0 Å². The average Bonchev–Trinajstić information content (AvgIpc) is 4.07. The number of carbonyl (C=O) groups excluding carboxylic acids is 2. The van der Waals surface area contributed by atoms with Crippen LogP contribution in [0.5, 0.6) is 0 Å². The second kappa shape index (κ2) is 15.1. The molecule has 6 nitrogen and oxygen atoms in total. The van der Waals surface area contributed by atoms with Crippen LogP contribution in [0.15, 0.2) is 175 Å². The van der Waals surface area contributed by atoms with Crippen molar-refractivity contribution in [3.63, 3.8) is 0 Å². The summed E-state index contributed by atoms with van der Waals surface area (Å²) < 4.78 is 0. The molecule has 1 aliphatic rings. The van der Waals surface area contributed by atoms with Crippen LogP contribution in [0.25, 0.3) is 11.1 Å². The van der Waals surface area contributed by atoms with Crippen LogP contribution in [0.4, 0.5) is 0 Å². The van der Waals surface area contributed by atoms with E-state index in [0.717, 1.165) is 74.9 Å². The van der Waals surface area contributed by atoms with E-state index in [1.54, 1.807) is 6.08 Å². The summed E-state index contributed by atoms with van der Waals surface area (Å²) >= 11 is 0. The summed E-state index contributed by atoms with van der Waals surface area (Å²) in [4.78, 5) is 41.4. The van der Waals surface area contributed by atoms with Crippen molar-refractivity contribution in [2.24, 2.45) is 4.99 Å². The summed E-state index contributed by atoms with van der Waals surface area (Å²) in [5.41, 5.74) is 9.18. The van der Waals surface area contributed by atoms with Gasteiger partial charge in [0.2, 0.25) is 5.78 Å². The van der Waals surface area contributed by atoms with Gasteiger partial charge in [-0.25, -0.2) is 4.99 Å². The smallest absolute Gasteiger partial charge is 0.270 e. The Balaban J connectivity index is 1.33. The molecule has 7 aromatic rings. The maximum Gasteiger partial charge on any atom is 0.270 e. The lowest BCUT2D eigenvalue weighted by atomic mass is 9.71. The maximum atomic E-state index is 13.6. The first-order valence-corrected chi connectivity index (χ1v) is 18.5. The maximum absolute atomic E-state index is 13.6. The number of rotatable bonds is 12. The van der Waals surface area contributed by atoms with E-state index in [2.05, 4.69) is 93.6 Å². The Bertz CT molecular complexity index is 2610. The van der Waals surface area contributed by atoms with E-state index in [1.807, 2.05) is 91.0 Å². The van der Waals surface area contributed by atoms with E-state index in [-0.39, 0.29) is 11.7 Å². The van der Waals surface area contributed by atoms with Gasteiger partial charge in [-0.2, -0.15) is 0 Å². The fourth-order valence-electron chi connectivity index (χ4n) is 7.62. The molecule has 264 valence electrons. The van der Waals surface area contributed by atoms with Crippen molar-refractivity contribution < 1.29 is 9.59 Å². The van der Waals surface area contributed by atoms with Crippen LogP contribution in [0, 0.1) is 0 Å². The Morgan fingerprint density at radius 2 is 1.07 bits per heavy atom. The highest BCUT2D eigenvalue weighted by molar-refractivity contribution is 6.34. The zero-order valence-corrected chi connectivity index (χ0v) is 30.1. The Labute approximate surface area is 314 Å². The number of H-pyrrole nitrogens is 3. The van der Waals surface area contributed by atoms with Gasteiger partial charge in [0.05, 0.1) is 16.8 Å². The lowest BCUT2D eigenvalue weighted by Gasteiger charge is -2.33. The second-order valence-corrected chi connectivity index (χ2v) is 13.6. The van der Waals surface area contributed by atoms with Crippen LogP contribution < -0.4 is 10.7 Å². The molecule has 6 heteroatoms. The van der Waals surface area contributed by atoms with E-state index in [0.29, 0.717) is 17.0 Å². The number of aliphatic imine (C=N–C) groups is 1. The molecule has 1 atom stereocenters. The first kappa shape index (κ1) is 34.3. The largest absolute Gasteiger partial charge is 0.357 e. The molecule has 1 amide bonds. The minimum Gasteiger partial charge on any atom is -0.357 e. The highest BCUT2D eigenvalue weighted by Crippen LogP contribution is 2.43. The topological polar surface area (TPSA) is 93.9 Å². The fourth-order valence-corrected chi connectivity index (χ4v) is 7.62. The van der Waals surface area contributed by atoms with Crippen molar-refractivity contribution in [3.8, 4) is 0 Å². The van der Waals surface area contributed by atoms with Gasteiger partial charge >= 0.3 is 0 Å². The Morgan fingerprint density at radius 1 is 0.556 bits per heavy atom.